The Morgan fingerprint density at radius 3 is 2.59 bits per heavy atom. The average molecular weight is 230 g/mol. The van der Waals surface area contributed by atoms with Gasteiger partial charge in [0.15, 0.2) is 5.78 Å². The van der Waals surface area contributed by atoms with Gasteiger partial charge in [0.25, 0.3) is 0 Å². The van der Waals surface area contributed by atoms with Crippen LogP contribution in [0.25, 0.3) is 10.9 Å². The van der Waals surface area contributed by atoms with Crippen LogP contribution in [-0.2, 0) is 0 Å². The highest BCUT2D eigenvalue weighted by molar-refractivity contribution is 6.03. The summed E-state index contributed by atoms with van der Waals surface area (Å²) in [6.45, 7) is 6.21. The third kappa shape index (κ3) is 1.76. The Labute approximate surface area is 101 Å². The fraction of sp³-hybridized carbons (Fsp3) is 0.357. The molecule has 0 aliphatic rings. The van der Waals surface area contributed by atoms with E-state index in [1.807, 2.05) is 19.1 Å². The highest BCUT2D eigenvalue weighted by Gasteiger charge is 2.20. The van der Waals surface area contributed by atoms with Gasteiger partial charge in [-0.15, -0.1) is 0 Å². The lowest BCUT2D eigenvalue weighted by atomic mass is 10.1. The van der Waals surface area contributed by atoms with E-state index in [0.717, 1.165) is 22.2 Å². The number of nitrogens with zero attached hydrogens (tertiary/aromatic N) is 1. The van der Waals surface area contributed by atoms with Gasteiger partial charge in [0.1, 0.15) is 0 Å². The maximum Gasteiger partial charge on any atom is 0.193 e. The van der Waals surface area contributed by atoms with Gasteiger partial charge in [-0.1, -0.05) is 18.2 Å². The molecule has 0 aliphatic carbocycles. The van der Waals surface area contributed by atoms with Gasteiger partial charge in [0, 0.05) is 16.9 Å². The van der Waals surface area contributed by atoms with Crippen molar-refractivity contribution >= 4 is 16.7 Å². The van der Waals surface area contributed by atoms with E-state index in [4.69, 9.17) is 5.73 Å². The predicted octanol–water partition coefficient (Wildman–Crippen LogP) is 2.67. The molecule has 0 radical (unpaired) electrons. The minimum atomic E-state index is 0.00685. The number of nitrogens with two attached hydrogens (primary N) is 1. The molecule has 0 saturated heterocycles. The van der Waals surface area contributed by atoms with E-state index in [-0.39, 0.29) is 18.4 Å². The van der Waals surface area contributed by atoms with Gasteiger partial charge in [-0.05, 0) is 32.4 Å². The van der Waals surface area contributed by atoms with E-state index in [0.29, 0.717) is 0 Å². The first-order valence-corrected chi connectivity index (χ1v) is 5.90. The van der Waals surface area contributed by atoms with E-state index in [9.17, 15) is 4.79 Å². The van der Waals surface area contributed by atoms with Crippen LogP contribution in [0.2, 0.25) is 0 Å². The van der Waals surface area contributed by atoms with Gasteiger partial charge in [0.05, 0.1) is 12.2 Å². The number of rotatable bonds is 3. The number of ketones is 1. The van der Waals surface area contributed by atoms with Crippen LogP contribution in [0.4, 0.5) is 0 Å². The van der Waals surface area contributed by atoms with Gasteiger partial charge in [-0.2, -0.15) is 0 Å². The van der Waals surface area contributed by atoms with Crippen molar-refractivity contribution in [2.75, 3.05) is 6.54 Å². The number of aromatic nitrogens is 1. The van der Waals surface area contributed by atoms with Crippen LogP contribution >= 0.6 is 0 Å². The smallest absolute Gasteiger partial charge is 0.193 e. The Morgan fingerprint density at radius 1 is 1.35 bits per heavy atom. The summed E-state index contributed by atoms with van der Waals surface area (Å²) in [6, 6.07) is 8.35. The summed E-state index contributed by atoms with van der Waals surface area (Å²) < 4.78 is 2.08. The summed E-state index contributed by atoms with van der Waals surface area (Å²) in [7, 11) is 0. The molecule has 2 aromatic rings. The molecular formula is C14H18N2O. The molecule has 0 fully saturated rings. The zero-order valence-electron chi connectivity index (χ0n) is 10.5. The average Bonchev–Trinajstić information content (AvgIpc) is 2.62. The Kier molecular flexibility index (Phi) is 3.03. The highest BCUT2D eigenvalue weighted by atomic mass is 16.1. The van der Waals surface area contributed by atoms with Gasteiger partial charge in [-0.25, -0.2) is 0 Å². The predicted molar refractivity (Wildman–Crippen MR) is 70.4 cm³/mol. The summed E-state index contributed by atoms with van der Waals surface area (Å²) in [4.78, 5) is 12.0. The third-order valence-electron chi connectivity index (χ3n) is 3.13. The molecule has 0 spiro atoms. The number of para-hydroxylation sites is 1. The van der Waals surface area contributed by atoms with E-state index in [1.54, 1.807) is 0 Å². The maximum atomic E-state index is 12.0. The van der Waals surface area contributed by atoms with Crippen LogP contribution < -0.4 is 5.73 Å². The van der Waals surface area contributed by atoms with Crippen LogP contribution in [0.1, 0.15) is 35.9 Å². The summed E-state index contributed by atoms with van der Waals surface area (Å²) in [5.74, 6) is 0.00685. The third-order valence-corrected chi connectivity index (χ3v) is 3.13. The number of hydrogen-bond donors (Lipinski definition) is 1. The molecule has 0 atom stereocenters. The second-order valence-corrected chi connectivity index (χ2v) is 4.58. The van der Waals surface area contributed by atoms with E-state index < -0.39 is 0 Å². The van der Waals surface area contributed by atoms with Gasteiger partial charge >= 0.3 is 0 Å². The number of fused-ring (bicyclic) bond motifs is 1. The van der Waals surface area contributed by atoms with Crippen molar-refractivity contribution in [2.45, 2.75) is 26.8 Å². The summed E-state index contributed by atoms with van der Waals surface area (Å²) in [5, 5.41) is 1.14. The van der Waals surface area contributed by atoms with E-state index in [1.165, 1.54) is 0 Å². The van der Waals surface area contributed by atoms with Crippen LogP contribution in [0.3, 0.4) is 0 Å². The number of aryl methyl sites for hydroxylation is 1. The molecular weight excluding hydrogens is 212 g/mol. The number of carbonyl (C=O) groups is 1. The molecule has 17 heavy (non-hydrogen) atoms. The Hall–Kier alpha value is -1.61. The monoisotopic (exact) mass is 230 g/mol. The van der Waals surface area contributed by atoms with Crippen molar-refractivity contribution in [1.82, 2.24) is 4.57 Å². The van der Waals surface area contributed by atoms with E-state index >= 15 is 0 Å². The fourth-order valence-corrected chi connectivity index (χ4v) is 2.41. The molecule has 2 rings (SSSR count). The number of hydrogen-bond acceptors (Lipinski definition) is 2. The summed E-state index contributed by atoms with van der Waals surface area (Å²) >= 11 is 0. The Balaban J connectivity index is 2.85. The second kappa shape index (κ2) is 4.34. The van der Waals surface area contributed by atoms with Crippen molar-refractivity contribution in [2.24, 2.45) is 5.73 Å². The van der Waals surface area contributed by atoms with Crippen LogP contribution in [0.5, 0.6) is 0 Å². The Morgan fingerprint density at radius 2 is 2.00 bits per heavy atom. The SMILES string of the molecule is Cc1c(C(=O)CN)n(C(C)C)c2ccccc12. The lowest BCUT2D eigenvalue weighted by molar-refractivity contribution is 0.0991. The first-order chi connectivity index (χ1) is 8.07. The second-order valence-electron chi connectivity index (χ2n) is 4.58. The van der Waals surface area contributed by atoms with Gasteiger partial charge in [-0.3, -0.25) is 4.79 Å². The topological polar surface area (TPSA) is 48.0 Å². The zero-order chi connectivity index (χ0) is 12.6. The first-order valence-electron chi connectivity index (χ1n) is 5.90. The van der Waals surface area contributed by atoms with Crippen LogP contribution in [-0.4, -0.2) is 16.9 Å². The lowest BCUT2D eigenvalue weighted by Gasteiger charge is -2.13. The molecule has 1 aromatic carbocycles. The minimum Gasteiger partial charge on any atom is -0.335 e. The van der Waals surface area contributed by atoms with Crippen molar-refractivity contribution in [3.63, 3.8) is 0 Å². The number of benzene rings is 1. The highest BCUT2D eigenvalue weighted by Crippen LogP contribution is 2.28. The van der Waals surface area contributed by atoms with E-state index in [2.05, 4.69) is 30.5 Å². The molecule has 2 N–H and O–H groups in total. The van der Waals surface area contributed by atoms with Crippen LogP contribution in [0.15, 0.2) is 24.3 Å². The zero-order valence-corrected chi connectivity index (χ0v) is 10.5. The largest absolute Gasteiger partial charge is 0.335 e. The summed E-state index contributed by atoms with van der Waals surface area (Å²) in [5.41, 5.74) is 8.39. The molecule has 0 amide bonds. The molecule has 1 heterocycles. The molecule has 0 bridgehead atoms. The van der Waals surface area contributed by atoms with Crippen molar-refractivity contribution in [3.05, 3.63) is 35.5 Å². The van der Waals surface area contributed by atoms with Crippen LogP contribution in [0, 0.1) is 6.92 Å². The quantitative estimate of drug-likeness (QED) is 0.824. The molecule has 3 heteroatoms. The normalized spacial score (nSPS) is 11.4. The lowest BCUT2D eigenvalue weighted by Crippen LogP contribution is -2.19. The molecule has 0 unspecified atom stereocenters. The van der Waals surface area contributed by atoms with Gasteiger partial charge in [0.2, 0.25) is 0 Å². The fourth-order valence-electron chi connectivity index (χ4n) is 2.41. The summed E-state index contributed by atoms with van der Waals surface area (Å²) in [6.07, 6.45) is 0. The molecule has 1 aromatic heterocycles. The van der Waals surface area contributed by atoms with Crippen molar-refractivity contribution < 1.29 is 4.79 Å². The number of carbonyl (C=O) groups excluding carboxylic acids is 1. The molecule has 0 saturated carbocycles. The standard InChI is InChI=1S/C14H18N2O/c1-9(2)16-12-7-5-4-6-11(12)10(3)14(16)13(17)8-15/h4-7,9H,8,15H2,1-3H3. The maximum absolute atomic E-state index is 12.0. The molecule has 3 nitrogen and oxygen atoms in total. The van der Waals surface area contributed by atoms with Crippen molar-refractivity contribution in [3.8, 4) is 0 Å². The number of Topliss-reactive ketones (excluding diaryl/α,β-unsaturated/α-hetero) is 1. The molecule has 90 valence electrons. The minimum absolute atomic E-state index is 0.00685. The molecule has 0 aliphatic heterocycles. The first kappa shape index (κ1) is 11.9. The Bertz CT molecular complexity index is 567. The van der Waals surface area contributed by atoms with Gasteiger partial charge < -0.3 is 10.3 Å². The van der Waals surface area contributed by atoms with Crippen molar-refractivity contribution in [1.29, 1.82) is 0 Å².